The highest BCUT2D eigenvalue weighted by Crippen LogP contribution is 2.25. The van der Waals surface area contributed by atoms with Gasteiger partial charge in [-0.2, -0.15) is 0 Å². The Morgan fingerprint density at radius 3 is 1.38 bits per heavy atom. The van der Waals surface area contributed by atoms with Crippen LogP contribution < -0.4 is 86.7 Å². The molecule has 24 N–H and O–H groups in total. The van der Waals surface area contributed by atoms with Gasteiger partial charge in [0, 0.05) is 67.6 Å². The summed E-state index contributed by atoms with van der Waals surface area (Å²) in [4.78, 5) is 214. The van der Waals surface area contributed by atoms with Crippen LogP contribution in [0.25, 0.3) is 10.9 Å². The number of H-pyrrole nitrogens is 2. The highest BCUT2D eigenvalue weighted by atomic mass is 16.4. The SMILES string of the molecule is CC[C@H](C)[C@H](N)C(=O)N[C@@H](Cc1cnc[nH]1)C(=O)N[C@@H](C)C(=O)N[C@@H](CO)C(=O)N[C@@H](CC(C)C)C(=O)N[C@@H](Cc1ccccc1)C(=O)N[C@@H](Cc1ccccc1)C(=O)N[C@H](C(=O)N[C@@H](Cc1c[nH]c2ccccc12)C(=O)N1CCC[C@H]1C(=O)N[C@@H](Cc1ccccc1)C(=O)N[C@@H](CCCCN)C(=O)N[C@@H](CCCCN)C(=O)N[C@@H](CCCCN)C(=O)O)C(C)C. The van der Waals surface area contributed by atoms with Gasteiger partial charge in [0.1, 0.15) is 78.5 Å². The zero-order valence-electron chi connectivity index (χ0n) is 73.1. The third kappa shape index (κ3) is 31.9. The molecule has 1 saturated heterocycles. The molecule has 13 amide bonds. The van der Waals surface area contributed by atoms with E-state index in [0.29, 0.717) is 85.9 Å². The molecule has 1 aliphatic heterocycles. The fourth-order valence-corrected chi connectivity index (χ4v) is 14.8. The number of rotatable bonds is 54. The number of fused-ring (bicyclic) bond motifs is 1. The number of aromatic amines is 2. The van der Waals surface area contributed by atoms with Crippen LogP contribution in [0, 0.1) is 17.8 Å². The number of nitrogens with zero attached hydrogens (tertiary/aromatic N) is 2. The van der Waals surface area contributed by atoms with Crippen LogP contribution in [-0.4, -0.2) is 230 Å². The van der Waals surface area contributed by atoms with Gasteiger partial charge in [-0.1, -0.05) is 157 Å². The Morgan fingerprint density at radius 1 is 0.460 bits per heavy atom. The Balaban J connectivity index is 1.11. The maximum absolute atomic E-state index is 15.7. The molecule has 0 spiro atoms. The molecule has 36 heteroatoms. The number of aromatic nitrogens is 3. The van der Waals surface area contributed by atoms with Crippen LogP contribution in [0.4, 0.5) is 0 Å². The van der Waals surface area contributed by atoms with Crippen molar-refractivity contribution in [1.29, 1.82) is 0 Å². The average Bonchev–Trinajstić information content (AvgIpc) is 1.78. The summed E-state index contributed by atoms with van der Waals surface area (Å²) >= 11 is 0. The first kappa shape index (κ1) is 101. The van der Waals surface area contributed by atoms with E-state index in [2.05, 4.69) is 78.8 Å². The molecule has 4 aromatic carbocycles. The zero-order valence-corrected chi connectivity index (χ0v) is 73.1. The number of benzene rings is 4. The minimum Gasteiger partial charge on any atom is -0.480 e. The lowest BCUT2D eigenvalue weighted by molar-refractivity contribution is -0.143. The lowest BCUT2D eigenvalue weighted by Gasteiger charge is -2.32. The summed E-state index contributed by atoms with van der Waals surface area (Å²) in [6, 6.07) is 14.6. The van der Waals surface area contributed by atoms with E-state index in [1.165, 1.54) is 24.3 Å². The maximum atomic E-state index is 15.7. The van der Waals surface area contributed by atoms with E-state index >= 15 is 24.0 Å². The number of likely N-dealkylation sites (tertiary alicyclic amines) is 1. The van der Waals surface area contributed by atoms with E-state index in [4.69, 9.17) is 22.9 Å². The molecule has 0 radical (unpaired) electrons. The maximum Gasteiger partial charge on any atom is 0.326 e. The summed E-state index contributed by atoms with van der Waals surface area (Å²) in [6.45, 7) is 11.8. The monoisotopic (exact) mass is 1750 g/mol. The van der Waals surface area contributed by atoms with Gasteiger partial charge in [0.05, 0.1) is 19.0 Å². The quantitative estimate of drug-likeness (QED) is 0.0235. The molecule has 0 saturated carbocycles. The van der Waals surface area contributed by atoms with E-state index < -0.39 is 180 Å². The molecular weight excluding hydrogens is 1620 g/mol. The van der Waals surface area contributed by atoms with Crippen LogP contribution in [-0.2, 0) is 99.2 Å². The van der Waals surface area contributed by atoms with Gasteiger partial charge < -0.3 is 112 Å². The molecule has 15 atom stereocenters. The van der Waals surface area contributed by atoms with Crippen molar-refractivity contribution in [3.63, 3.8) is 0 Å². The van der Waals surface area contributed by atoms with Crippen molar-refractivity contribution in [2.75, 3.05) is 32.8 Å². The van der Waals surface area contributed by atoms with E-state index in [1.54, 1.807) is 132 Å². The smallest absolute Gasteiger partial charge is 0.326 e. The molecule has 36 nitrogen and oxygen atoms in total. The predicted molar refractivity (Wildman–Crippen MR) is 473 cm³/mol. The second-order valence-corrected chi connectivity index (χ2v) is 33.1. The minimum atomic E-state index is -1.69. The molecule has 0 bridgehead atoms. The van der Waals surface area contributed by atoms with Crippen molar-refractivity contribution < 1.29 is 77.3 Å². The number of hydrogen-bond donors (Lipinski definition) is 20. The van der Waals surface area contributed by atoms with Crippen LogP contribution in [0.5, 0.6) is 0 Å². The Hall–Kier alpha value is -12.0. The number of aliphatic hydroxyl groups is 1. The molecule has 6 aromatic rings. The molecule has 1 fully saturated rings. The van der Waals surface area contributed by atoms with Crippen LogP contribution in [0.3, 0.4) is 0 Å². The Morgan fingerprint density at radius 2 is 0.889 bits per heavy atom. The van der Waals surface area contributed by atoms with Gasteiger partial charge in [0.15, 0.2) is 0 Å². The van der Waals surface area contributed by atoms with Gasteiger partial charge in [-0.3, -0.25) is 62.3 Å². The topological polar surface area (TPSA) is 576 Å². The number of para-hydroxylation sites is 1. The molecule has 0 aliphatic carbocycles. The molecule has 686 valence electrons. The summed E-state index contributed by atoms with van der Waals surface area (Å²) in [7, 11) is 0. The fourth-order valence-electron chi connectivity index (χ4n) is 14.8. The molecule has 7 rings (SSSR count). The van der Waals surface area contributed by atoms with Crippen LogP contribution >= 0.6 is 0 Å². The van der Waals surface area contributed by atoms with E-state index in [9.17, 15) is 53.4 Å². The zero-order chi connectivity index (χ0) is 91.9. The Labute approximate surface area is 735 Å². The Bertz CT molecular complexity index is 4520. The molecule has 126 heavy (non-hydrogen) atoms. The normalized spacial score (nSPS) is 15.9. The molecule has 2 aromatic heterocycles. The molecule has 0 unspecified atom stereocenters. The molecule has 3 heterocycles. The summed E-state index contributed by atoms with van der Waals surface area (Å²) in [5, 5.41) is 54.1. The van der Waals surface area contributed by atoms with Crippen LogP contribution in [0.1, 0.15) is 160 Å². The van der Waals surface area contributed by atoms with Gasteiger partial charge in [0.25, 0.3) is 0 Å². The lowest BCUT2D eigenvalue weighted by Crippen LogP contribution is -2.62. The number of hydrogen-bond acceptors (Lipinski definition) is 20. The second-order valence-electron chi connectivity index (χ2n) is 33.1. The number of carbonyl (C=O) groups excluding carboxylic acids is 13. The number of aliphatic carboxylic acids is 1. The van der Waals surface area contributed by atoms with Crippen molar-refractivity contribution in [3.05, 3.63) is 162 Å². The number of nitrogens with one attached hydrogen (secondary N) is 14. The fraction of sp³-hybridized carbons (Fsp3) is 0.522. The van der Waals surface area contributed by atoms with E-state index in [-0.39, 0.29) is 95.7 Å². The van der Waals surface area contributed by atoms with Crippen LogP contribution in [0.2, 0.25) is 0 Å². The number of nitrogens with two attached hydrogens (primary N) is 4. The number of amides is 13. The van der Waals surface area contributed by atoms with Gasteiger partial charge in [-0.05, 0) is 150 Å². The first-order valence-corrected chi connectivity index (χ1v) is 43.7. The summed E-state index contributed by atoms with van der Waals surface area (Å²) in [6.07, 6.45) is 7.78. The number of aliphatic hydroxyl groups excluding tert-OH is 1. The van der Waals surface area contributed by atoms with Crippen molar-refractivity contribution >= 4 is 93.7 Å². The average molecular weight is 1750 g/mol. The van der Waals surface area contributed by atoms with Gasteiger partial charge in [0.2, 0.25) is 76.8 Å². The number of carboxylic acid groups (broad SMARTS) is 1. The molecular formula is C90H130N20O16. The van der Waals surface area contributed by atoms with E-state index in [0.717, 1.165) is 10.9 Å². The van der Waals surface area contributed by atoms with Crippen LogP contribution in [0.15, 0.2) is 134 Å². The standard InChI is InChI=1S/C90H130N20O16/c1-8-55(6)75(94)87(122)106-71(48-61-50-95-52-97-61)80(115)98-56(7)77(112)108-73(51-111)85(120)102-67(43-53(2)3)81(116)103-68(44-57-27-12-9-13-28-57)83(118)104-70(46-59-31-16-11-17-32-59)84(119)109-76(54(4)5)88(123)107-72(47-60-49-96-63-34-19-18-33-62(60)63)89(124)110-42-26-38-74(110)86(121)105-69(45-58-29-14-10-15-30-58)82(117)100-64(35-20-23-39-91)78(113)99-65(36-21-24-40-92)79(114)101-66(90(125)126)37-22-25-41-93/h9-19,27-34,49-50,52-56,64-76,96,111H,8,20-26,35-48,51,91-94H2,1-7H3,(H,95,97)(H,98,115)(H,99,113)(H,100,117)(H,101,114)(H,102,120)(H,103,116)(H,104,118)(H,105,121)(H,106,122)(H,107,123)(H,108,112)(H,109,119)(H,125,126)/t55-,56-,64-,65-,66-,67-,68-,69-,70-,71-,72-,73-,74-,75-,76-/m0/s1. The first-order valence-electron chi connectivity index (χ1n) is 43.7. The number of carboxylic acids is 1. The van der Waals surface area contributed by atoms with Gasteiger partial charge in [-0.25, -0.2) is 9.78 Å². The van der Waals surface area contributed by atoms with Crippen molar-refractivity contribution in [1.82, 2.24) is 83.7 Å². The largest absolute Gasteiger partial charge is 0.480 e. The van der Waals surface area contributed by atoms with Gasteiger partial charge >= 0.3 is 5.97 Å². The van der Waals surface area contributed by atoms with E-state index in [1.807, 2.05) is 31.2 Å². The number of unbranched alkanes of at least 4 members (excludes halogenated alkanes) is 3. The lowest BCUT2D eigenvalue weighted by atomic mass is 9.98. The third-order valence-corrected chi connectivity index (χ3v) is 22.3. The minimum absolute atomic E-state index is 0.0276. The summed E-state index contributed by atoms with van der Waals surface area (Å²) in [5.41, 5.74) is 27.1. The van der Waals surface area contributed by atoms with Crippen molar-refractivity contribution in [3.8, 4) is 0 Å². The Kier molecular flexibility index (Phi) is 41.8. The van der Waals surface area contributed by atoms with Crippen molar-refractivity contribution in [2.45, 2.75) is 249 Å². The van der Waals surface area contributed by atoms with Crippen molar-refractivity contribution in [2.24, 2.45) is 40.7 Å². The summed E-state index contributed by atoms with van der Waals surface area (Å²) < 4.78 is 0. The summed E-state index contributed by atoms with van der Waals surface area (Å²) in [5.74, 6) is -12.9. The highest BCUT2D eigenvalue weighted by Gasteiger charge is 2.43. The second kappa shape index (κ2) is 52.1. The molecule has 1 aliphatic rings. The predicted octanol–water partition coefficient (Wildman–Crippen LogP) is 0.772. The number of carbonyl (C=O) groups is 14. The number of imidazole rings is 1. The van der Waals surface area contributed by atoms with Gasteiger partial charge in [-0.15, -0.1) is 0 Å². The first-order chi connectivity index (χ1) is 60.4. The third-order valence-electron chi connectivity index (χ3n) is 22.3. The highest BCUT2D eigenvalue weighted by molar-refractivity contribution is 6.01.